The van der Waals surface area contributed by atoms with E-state index in [4.69, 9.17) is 23.1 Å². The van der Waals surface area contributed by atoms with Gasteiger partial charge in [0.05, 0.1) is 11.3 Å². The van der Waals surface area contributed by atoms with Gasteiger partial charge in [0.1, 0.15) is 14.7 Å². The van der Waals surface area contributed by atoms with E-state index in [-0.39, 0.29) is 11.5 Å². The summed E-state index contributed by atoms with van der Waals surface area (Å²) in [6.07, 6.45) is 0. The summed E-state index contributed by atoms with van der Waals surface area (Å²) < 4.78 is 0. The van der Waals surface area contributed by atoms with E-state index in [1.54, 1.807) is 29.6 Å². The molecule has 0 spiro atoms. The molecule has 0 atom stereocenters. The number of nitrogens with two attached hydrogens (primary N) is 2. The van der Waals surface area contributed by atoms with Gasteiger partial charge in [0.2, 0.25) is 0 Å². The van der Waals surface area contributed by atoms with Gasteiger partial charge in [-0.15, -0.1) is 22.7 Å². The molecule has 0 saturated heterocycles. The van der Waals surface area contributed by atoms with Crippen LogP contribution < -0.4 is 16.8 Å². The molecule has 158 valence electrons. The molecule has 0 bridgehead atoms. The third kappa shape index (κ3) is 4.01. The normalized spacial score (nSPS) is 11.2. The number of amides is 2. The van der Waals surface area contributed by atoms with Crippen LogP contribution in [0.2, 0.25) is 5.02 Å². The second-order valence-corrected chi connectivity index (χ2v) is 9.58. The average molecular weight is 471 g/mol. The first kappa shape index (κ1) is 21.3. The molecule has 3 heterocycles. The lowest BCUT2D eigenvalue weighted by atomic mass is 10.0. The second-order valence-electron chi connectivity index (χ2n) is 7.27. The summed E-state index contributed by atoms with van der Waals surface area (Å²) >= 11 is 8.41. The van der Waals surface area contributed by atoms with Gasteiger partial charge in [-0.3, -0.25) is 9.59 Å². The van der Waals surface area contributed by atoms with Crippen LogP contribution in [0.1, 0.15) is 45.5 Å². The summed E-state index contributed by atoms with van der Waals surface area (Å²) in [5, 5.41) is 6.28. The molecule has 0 aliphatic rings. The molecular weight excluding hydrogens is 452 g/mol. The minimum Gasteiger partial charge on any atom is -0.397 e. The molecule has 0 fully saturated rings. The molecule has 2 amide bonds. The third-order valence-electron chi connectivity index (χ3n) is 4.83. The number of aromatic nitrogens is 1. The number of carbonyl (C=O) groups excluding carboxylic acids is 2. The number of nitrogen functional groups attached to an aromatic ring is 1. The number of carbonyl (C=O) groups is 2. The number of anilines is 2. The highest BCUT2D eigenvalue weighted by Crippen LogP contribution is 2.38. The van der Waals surface area contributed by atoms with Crippen LogP contribution in [0.3, 0.4) is 0 Å². The van der Waals surface area contributed by atoms with Gasteiger partial charge < -0.3 is 16.8 Å². The second kappa shape index (κ2) is 8.30. The fourth-order valence-corrected chi connectivity index (χ4v) is 5.29. The Morgan fingerprint density at radius 1 is 1.13 bits per heavy atom. The maximum atomic E-state index is 13.0. The van der Waals surface area contributed by atoms with E-state index < -0.39 is 11.8 Å². The fraction of sp³-hybridized carbons (Fsp3) is 0.136. The maximum Gasteiger partial charge on any atom is 0.268 e. The summed E-state index contributed by atoms with van der Waals surface area (Å²) in [6, 6.07) is 10.9. The maximum absolute atomic E-state index is 13.0. The Labute approximate surface area is 191 Å². The first-order chi connectivity index (χ1) is 14.8. The van der Waals surface area contributed by atoms with Crippen LogP contribution in [0.25, 0.3) is 21.3 Å². The molecule has 0 unspecified atom stereocenters. The first-order valence-electron chi connectivity index (χ1n) is 9.43. The number of hydrogen-bond acceptors (Lipinski definition) is 6. The fourth-order valence-electron chi connectivity index (χ4n) is 3.20. The number of pyridine rings is 1. The van der Waals surface area contributed by atoms with E-state index in [0.717, 1.165) is 16.6 Å². The minimum absolute atomic E-state index is 0.251. The van der Waals surface area contributed by atoms with Gasteiger partial charge in [0.15, 0.2) is 0 Å². The van der Waals surface area contributed by atoms with Crippen molar-refractivity contribution in [3.8, 4) is 11.1 Å². The van der Waals surface area contributed by atoms with E-state index in [1.807, 2.05) is 12.1 Å². The highest BCUT2D eigenvalue weighted by atomic mass is 35.5. The monoisotopic (exact) mass is 470 g/mol. The van der Waals surface area contributed by atoms with Crippen molar-refractivity contribution in [2.75, 3.05) is 11.1 Å². The number of primary amides is 1. The Bertz CT molecular complexity index is 1310. The smallest absolute Gasteiger partial charge is 0.268 e. The molecule has 0 radical (unpaired) electrons. The highest BCUT2D eigenvalue weighted by molar-refractivity contribution is 7.21. The van der Waals surface area contributed by atoms with E-state index >= 15 is 0 Å². The lowest BCUT2D eigenvalue weighted by molar-refractivity contribution is 0.100. The quantitative estimate of drug-likeness (QED) is 0.345. The largest absolute Gasteiger partial charge is 0.397 e. The molecule has 3 aromatic heterocycles. The van der Waals surface area contributed by atoms with Crippen molar-refractivity contribution in [1.29, 1.82) is 0 Å². The van der Waals surface area contributed by atoms with Crippen LogP contribution in [0, 0.1) is 0 Å². The molecule has 6 nitrogen and oxygen atoms in total. The van der Waals surface area contributed by atoms with Crippen molar-refractivity contribution in [2.24, 2.45) is 5.73 Å². The topological polar surface area (TPSA) is 111 Å². The van der Waals surface area contributed by atoms with Crippen molar-refractivity contribution < 1.29 is 9.59 Å². The van der Waals surface area contributed by atoms with Crippen LogP contribution in [0.4, 0.5) is 10.7 Å². The molecular formula is C22H19ClN4O2S2. The molecule has 5 N–H and O–H groups in total. The molecule has 31 heavy (non-hydrogen) atoms. The predicted octanol–water partition coefficient (Wildman–Crippen LogP) is 5.74. The highest BCUT2D eigenvalue weighted by Gasteiger charge is 2.23. The van der Waals surface area contributed by atoms with Gasteiger partial charge in [-0.2, -0.15) is 0 Å². The van der Waals surface area contributed by atoms with E-state index in [1.165, 1.54) is 22.7 Å². The summed E-state index contributed by atoms with van der Waals surface area (Å²) in [7, 11) is 0. The number of nitrogens with zero attached hydrogens (tertiary/aromatic N) is 1. The number of benzene rings is 1. The Morgan fingerprint density at radius 3 is 2.48 bits per heavy atom. The van der Waals surface area contributed by atoms with Crippen LogP contribution in [0.15, 0.2) is 41.8 Å². The van der Waals surface area contributed by atoms with Crippen molar-refractivity contribution in [3.63, 3.8) is 0 Å². The van der Waals surface area contributed by atoms with Crippen molar-refractivity contribution in [1.82, 2.24) is 4.98 Å². The average Bonchev–Trinajstić information content (AvgIpc) is 3.29. The Kier molecular flexibility index (Phi) is 5.70. The van der Waals surface area contributed by atoms with Gasteiger partial charge in [0, 0.05) is 27.0 Å². The van der Waals surface area contributed by atoms with Crippen LogP contribution >= 0.6 is 34.3 Å². The Balaban J connectivity index is 1.70. The van der Waals surface area contributed by atoms with E-state index in [9.17, 15) is 9.59 Å². The summed E-state index contributed by atoms with van der Waals surface area (Å²) in [4.78, 5) is 30.9. The van der Waals surface area contributed by atoms with E-state index in [2.05, 4.69) is 24.1 Å². The molecule has 0 aliphatic heterocycles. The van der Waals surface area contributed by atoms with Gasteiger partial charge >= 0.3 is 0 Å². The molecule has 0 aliphatic carbocycles. The summed E-state index contributed by atoms with van der Waals surface area (Å²) in [6.45, 7) is 4.11. The number of thiophene rings is 2. The minimum atomic E-state index is -0.631. The zero-order chi connectivity index (χ0) is 22.3. The molecule has 9 heteroatoms. The first-order valence-corrected chi connectivity index (χ1v) is 11.5. The SMILES string of the molecule is CC(C)c1ccc2c(N)c(C(=O)Nc3scc(-c4ccc(Cl)cc4)c3C(N)=O)sc2n1. The van der Waals surface area contributed by atoms with Crippen LogP contribution in [0.5, 0.6) is 0 Å². The Hall–Kier alpha value is -2.94. The van der Waals surface area contributed by atoms with Crippen molar-refractivity contribution in [2.45, 2.75) is 19.8 Å². The molecule has 0 saturated carbocycles. The van der Waals surface area contributed by atoms with Gasteiger partial charge in [0.25, 0.3) is 11.8 Å². The van der Waals surface area contributed by atoms with Crippen molar-refractivity contribution >= 4 is 67.0 Å². The van der Waals surface area contributed by atoms with Crippen LogP contribution in [-0.2, 0) is 0 Å². The van der Waals surface area contributed by atoms with Gasteiger partial charge in [-0.1, -0.05) is 37.6 Å². The third-order valence-corrected chi connectivity index (χ3v) is 7.09. The zero-order valence-corrected chi connectivity index (χ0v) is 19.1. The molecule has 4 rings (SSSR count). The number of hydrogen-bond donors (Lipinski definition) is 3. The lowest BCUT2D eigenvalue weighted by Crippen LogP contribution is -2.17. The lowest BCUT2D eigenvalue weighted by Gasteiger charge is -2.06. The van der Waals surface area contributed by atoms with Gasteiger partial charge in [-0.05, 0) is 35.7 Å². The van der Waals surface area contributed by atoms with E-state index in [0.29, 0.717) is 31.0 Å². The van der Waals surface area contributed by atoms with Crippen LogP contribution in [-0.4, -0.2) is 16.8 Å². The Morgan fingerprint density at radius 2 is 1.84 bits per heavy atom. The standard InChI is InChI=1S/C22H19ClN4O2S2/c1-10(2)15-8-7-13-17(24)18(31-21(13)26-15)20(29)27-22-16(19(25)28)14(9-30-22)11-3-5-12(23)6-4-11/h3-10H,24H2,1-2H3,(H2,25,28)(H,27,29). The number of nitrogens with one attached hydrogen (secondary N) is 1. The predicted molar refractivity (Wildman–Crippen MR) is 129 cm³/mol. The van der Waals surface area contributed by atoms with Gasteiger partial charge in [-0.25, -0.2) is 4.98 Å². The molecule has 4 aromatic rings. The molecule has 1 aromatic carbocycles. The van der Waals surface area contributed by atoms with Crippen molar-refractivity contribution in [3.05, 3.63) is 62.9 Å². The number of fused-ring (bicyclic) bond motifs is 1. The zero-order valence-electron chi connectivity index (χ0n) is 16.7. The number of rotatable bonds is 5. The summed E-state index contributed by atoms with van der Waals surface area (Å²) in [5.74, 6) is -0.770. The number of halogens is 1. The summed E-state index contributed by atoms with van der Waals surface area (Å²) in [5.41, 5.74) is 14.8.